The van der Waals surface area contributed by atoms with Crippen LogP contribution in [-0.4, -0.2) is 42.9 Å². The number of amides is 1. The molecule has 1 heterocycles. The molecule has 0 aliphatic carbocycles. The third-order valence-corrected chi connectivity index (χ3v) is 3.82. The Balaban J connectivity index is 1.72. The number of nitrogens with one attached hydrogen (secondary N) is 2. The van der Waals surface area contributed by atoms with E-state index in [0.29, 0.717) is 12.1 Å². The Morgan fingerprint density at radius 1 is 1.13 bits per heavy atom. The first-order chi connectivity index (χ1) is 11.2. The van der Waals surface area contributed by atoms with Gasteiger partial charge in [0, 0.05) is 42.9 Å². The molecule has 124 valence electrons. The highest BCUT2D eigenvalue weighted by Gasteiger charge is 2.19. The average Bonchev–Trinajstić information content (AvgIpc) is 3.00. The number of nitrogens with two attached hydrogens (primary N) is 1. The molecule has 0 aliphatic rings. The highest BCUT2D eigenvalue weighted by molar-refractivity contribution is 6.44. The van der Waals surface area contributed by atoms with Crippen LogP contribution < -0.4 is 16.4 Å². The number of aromatic amines is 1. The maximum absolute atomic E-state index is 12.2. The largest absolute Gasteiger partial charge is 0.360 e. The van der Waals surface area contributed by atoms with E-state index in [-0.39, 0.29) is 0 Å². The molecule has 7 N–H and O–H groups in total. The zero-order valence-electron chi connectivity index (χ0n) is 13.4. The van der Waals surface area contributed by atoms with E-state index in [1.54, 1.807) is 6.20 Å². The van der Waals surface area contributed by atoms with Gasteiger partial charge in [-0.25, -0.2) is 0 Å². The Hall–Kier alpha value is -2.18. The molecule has 0 fully saturated rings. The quantitative estimate of drug-likeness (QED) is 0.268. The first-order valence-corrected chi connectivity index (χ1v) is 8.23. The lowest BCUT2D eigenvalue weighted by Crippen LogP contribution is -2.84. The van der Waals surface area contributed by atoms with E-state index < -0.39 is 11.7 Å². The van der Waals surface area contributed by atoms with Gasteiger partial charge in [0.1, 0.15) is 0 Å². The van der Waals surface area contributed by atoms with Crippen LogP contribution in [0, 0.1) is 0 Å². The molecule has 23 heavy (non-hydrogen) atoms. The van der Waals surface area contributed by atoms with Gasteiger partial charge in [-0.05, 0) is 6.07 Å². The molecular weight excluding hydrogens is 292 g/mol. The molecule has 1 aromatic carbocycles. The number of ketones is 1. The first kappa shape index (κ1) is 17.2. The van der Waals surface area contributed by atoms with Crippen LogP contribution in [0.4, 0.5) is 0 Å². The molecule has 0 unspecified atom stereocenters. The van der Waals surface area contributed by atoms with Crippen molar-refractivity contribution < 1.29 is 20.6 Å². The lowest BCUT2D eigenvalue weighted by atomic mass is 10.1. The molecule has 6 nitrogen and oxygen atoms in total. The maximum atomic E-state index is 12.2. The molecule has 0 saturated heterocycles. The number of hydrogen-bond acceptors (Lipinski definition) is 2. The molecule has 1 amide bonds. The predicted molar refractivity (Wildman–Crippen MR) is 88.9 cm³/mol. The van der Waals surface area contributed by atoms with Gasteiger partial charge in [-0.1, -0.05) is 18.2 Å². The normalized spacial score (nSPS) is 10.8. The number of rotatable bonds is 10. The van der Waals surface area contributed by atoms with Crippen molar-refractivity contribution in [2.24, 2.45) is 0 Å². The lowest BCUT2D eigenvalue weighted by Gasteiger charge is -2.04. The summed E-state index contributed by atoms with van der Waals surface area (Å²) in [6.07, 6.45) is 4.79. The van der Waals surface area contributed by atoms with Gasteiger partial charge < -0.3 is 21.4 Å². The number of para-hydroxylation sites is 1. The van der Waals surface area contributed by atoms with Crippen LogP contribution in [-0.2, 0) is 4.79 Å². The van der Waals surface area contributed by atoms with Crippen LogP contribution in [0.2, 0.25) is 0 Å². The van der Waals surface area contributed by atoms with Gasteiger partial charge in [-0.2, -0.15) is 0 Å². The van der Waals surface area contributed by atoms with Crippen LogP contribution in [0.15, 0.2) is 30.5 Å². The summed E-state index contributed by atoms with van der Waals surface area (Å²) in [6.45, 7) is 3.56. The molecule has 0 aliphatic heterocycles. The van der Waals surface area contributed by atoms with Crippen LogP contribution in [0.1, 0.15) is 29.6 Å². The van der Waals surface area contributed by atoms with Gasteiger partial charge in [0.25, 0.3) is 11.7 Å². The van der Waals surface area contributed by atoms with Crippen molar-refractivity contribution in [3.05, 3.63) is 36.0 Å². The van der Waals surface area contributed by atoms with Crippen molar-refractivity contribution in [1.82, 2.24) is 10.3 Å². The second-order valence-electron chi connectivity index (χ2n) is 5.61. The predicted octanol–water partition coefficient (Wildman–Crippen LogP) is -0.558. The fourth-order valence-corrected chi connectivity index (χ4v) is 2.52. The number of Topliss-reactive ketones (excluding diaryl/α,β-unsaturated/α-hetero) is 1. The molecule has 2 aromatic rings. The molecule has 6 heteroatoms. The van der Waals surface area contributed by atoms with Crippen molar-refractivity contribution in [3.63, 3.8) is 0 Å². The van der Waals surface area contributed by atoms with Crippen LogP contribution in [0.25, 0.3) is 10.9 Å². The number of aromatic nitrogens is 1. The minimum absolute atomic E-state index is 0.429. The number of carbonyl (C=O) groups is 2. The average molecular weight is 318 g/mol. The van der Waals surface area contributed by atoms with Crippen molar-refractivity contribution >= 4 is 22.6 Å². The van der Waals surface area contributed by atoms with Gasteiger partial charge in [0.15, 0.2) is 0 Å². The minimum atomic E-state index is -0.535. The van der Waals surface area contributed by atoms with Crippen LogP contribution in [0.5, 0.6) is 0 Å². The van der Waals surface area contributed by atoms with E-state index in [1.807, 2.05) is 24.3 Å². The third-order valence-electron chi connectivity index (χ3n) is 3.82. The topological polar surface area (TPSA) is 106 Å². The number of unbranched alkanes of at least 4 members (excludes halogenated alkanes) is 1. The van der Waals surface area contributed by atoms with Crippen molar-refractivity contribution in [1.29, 1.82) is 0 Å². The molecule has 0 spiro atoms. The second-order valence-corrected chi connectivity index (χ2v) is 5.61. The third kappa shape index (κ3) is 4.91. The molecule has 1 aromatic heterocycles. The Bertz CT molecular complexity index is 651. The van der Waals surface area contributed by atoms with Gasteiger partial charge in [-0.15, -0.1) is 0 Å². The molecule has 0 radical (unpaired) electrons. The highest BCUT2D eigenvalue weighted by atomic mass is 16.2. The summed E-state index contributed by atoms with van der Waals surface area (Å²) >= 11 is 0. The standard InChI is InChI=1S/C17H24N4O2/c18-8-3-4-9-19-10-5-11-20-17(23)16(22)14-12-21-15-7-2-1-6-13(14)15/h1-2,6-7,12,19,21H,3-5,8-11,18H2,(H,20,23)/p+2. The molecule has 0 saturated carbocycles. The SMILES string of the molecule is [NH3+]CCCC[NH2+]CCCNC(=O)C(=O)c1c[nH]c2ccccc12. The molecule has 0 atom stereocenters. The monoisotopic (exact) mass is 318 g/mol. The summed E-state index contributed by atoms with van der Waals surface area (Å²) in [4.78, 5) is 27.2. The summed E-state index contributed by atoms with van der Waals surface area (Å²) in [6, 6.07) is 7.47. The van der Waals surface area contributed by atoms with E-state index in [2.05, 4.69) is 21.4 Å². The Labute approximate surface area is 135 Å². The summed E-state index contributed by atoms with van der Waals surface area (Å²) in [5.41, 5.74) is 5.10. The number of carbonyl (C=O) groups excluding carboxylic acids is 2. The van der Waals surface area contributed by atoms with E-state index in [1.165, 1.54) is 6.42 Å². The van der Waals surface area contributed by atoms with E-state index >= 15 is 0 Å². The number of quaternary nitrogens is 2. The fourth-order valence-electron chi connectivity index (χ4n) is 2.52. The Morgan fingerprint density at radius 3 is 2.74 bits per heavy atom. The van der Waals surface area contributed by atoms with E-state index in [4.69, 9.17) is 0 Å². The summed E-state index contributed by atoms with van der Waals surface area (Å²) < 4.78 is 0. The molecule has 0 bridgehead atoms. The summed E-state index contributed by atoms with van der Waals surface area (Å²) in [5, 5.41) is 5.73. The Morgan fingerprint density at radius 2 is 1.91 bits per heavy atom. The zero-order chi connectivity index (χ0) is 16.5. The smallest absolute Gasteiger partial charge is 0.292 e. The minimum Gasteiger partial charge on any atom is -0.360 e. The second kappa shape index (κ2) is 9.07. The molecule has 2 rings (SSSR count). The number of hydrogen-bond donors (Lipinski definition) is 4. The highest BCUT2D eigenvalue weighted by Crippen LogP contribution is 2.17. The van der Waals surface area contributed by atoms with Gasteiger partial charge in [0.2, 0.25) is 0 Å². The number of benzene rings is 1. The van der Waals surface area contributed by atoms with Crippen molar-refractivity contribution in [2.75, 3.05) is 26.2 Å². The van der Waals surface area contributed by atoms with Crippen LogP contribution in [0.3, 0.4) is 0 Å². The first-order valence-electron chi connectivity index (χ1n) is 8.23. The number of H-pyrrole nitrogens is 1. The zero-order valence-corrected chi connectivity index (χ0v) is 13.4. The van der Waals surface area contributed by atoms with Gasteiger partial charge >= 0.3 is 0 Å². The molecular formula is C17H26N4O2+2. The van der Waals surface area contributed by atoms with E-state index in [9.17, 15) is 9.59 Å². The summed E-state index contributed by atoms with van der Waals surface area (Å²) in [5.74, 6) is -1.02. The lowest BCUT2D eigenvalue weighted by molar-refractivity contribution is -0.655. The van der Waals surface area contributed by atoms with Crippen molar-refractivity contribution in [3.8, 4) is 0 Å². The fraction of sp³-hybridized carbons (Fsp3) is 0.412. The van der Waals surface area contributed by atoms with Crippen molar-refractivity contribution in [2.45, 2.75) is 19.3 Å². The Kier molecular flexibility index (Phi) is 6.77. The van der Waals surface area contributed by atoms with Gasteiger partial charge in [-0.3, -0.25) is 9.59 Å². The van der Waals surface area contributed by atoms with Gasteiger partial charge in [0.05, 0.1) is 25.2 Å². The maximum Gasteiger partial charge on any atom is 0.292 e. The summed E-state index contributed by atoms with van der Waals surface area (Å²) in [7, 11) is 0. The van der Waals surface area contributed by atoms with Crippen LogP contribution >= 0.6 is 0 Å². The number of fused-ring (bicyclic) bond motifs is 1. The van der Waals surface area contributed by atoms with E-state index in [0.717, 1.165) is 43.4 Å².